The van der Waals surface area contributed by atoms with Crippen molar-refractivity contribution >= 4 is 10.8 Å². The normalized spacial score (nSPS) is 13.3. The highest BCUT2D eigenvalue weighted by Crippen LogP contribution is 2.14. The first kappa shape index (κ1) is 15.2. The van der Waals surface area contributed by atoms with Crippen molar-refractivity contribution in [1.29, 1.82) is 0 Å². The molecule has 1 aromatic carbocycles. The zero-order valence-electron chi connectivity index (χ0n) is 11.4. The van der Waals surface area contributed by atoms with Crippen LogP contribution in [0.5, 0.6) is 5.75 Å². The fourth-order valence-electron chi connectivity index (χ4n) is 1.41. The van der Waals surface area contributed by atoms with Crippen LogP contribution < -0.4 is 10.5 Å². The molecule has 0 saturated heterocycles. The second kappa shape index (κ2) is 6.90. The van der Waals surface area contributed by atoms with Crippen molar-refractivity contribution in [3.05, 3.63) is 29.8 Å². The van der Waals surface area contributed by atoms with E-state index in [4.69, 9.17) is 10.5 Å². The van der Waals surface area contributed by atoms with Crippen LogP contribution in [0.3, 0.4) is 0 Å². The van der Waals surface area contributed by atoms with Crippen LogP contribution in [0.15, 0.2) is 24.3 Å². The first-order valence-electron chi connectivity index (χ1n) is 6.24. The summed E-state index contributed by atoms with van der Waals surface area (Å²) in [4.78, 5) is 0. The van der Waals surface area contributed by atoms with Gasteiger partial charge in [0.1, 0.15) is 5.75 Å². The van der Waals surface area contributed by atoms with Gasteiger partial charge in [0.05, 0.1) is 6.61 Å². The van der Waals surface area contributed by atoms with E-state index in [1.807, 2.05) is 45.0 Å². The zero-order valence-corrected chi connectivity index (χ0v) is 12.3. The number of ether oxygens (including phenoxy) is 1. The summed E-state index contributed by atoms with van der Waals surface area (Å²) >= 11 is 0. The van der Waals surface area contributed by atoms with Gasteiger partial charge in [-0.05, 0) is 44.9 Å². The Kier molecular flexibility index (Phi) is 5.82. The molecule has 0 bridgehead atoms. The SMILES string of the molecule is CC(C)(C)S(=O)CCCOc1ccc(CN)cc1. The third kappa shape index (κ3) is 5.19. The van der Waals surface area contributed by atoms with Gasteiger partial charge in [-0.3, -0.25) is 4.21 Å². The van der Waals surface area contributed by atoms with E-state index in [0.29, 0.717) is 18.9 Å². The van der Waals surface area contributed by atoms with E-state index in [-0.39, 0.29) is 4.75 Å². The van der Waals surface area contributed by atoms with Gasteiger partial charge in [-0.15, -0.1) is 0 Å². The molecule has 1 unspecified atom stereocenters. The average molecular weight is 269 g/mol. The molecule has 0 amide bonds. The van der Waals surface area contributed by atoms with E-state index in [2.05, 4.69) is 0 Å². The Labute approximate surface area is 112 Å². The molecule has 2 N–H and O–H groups in total. The first-order valence-corrected chi connectivity index (χ1v) is 7.55. The summed E-state index contributed by atoms with van der Waals surface area (Å²) < 4.78 is 17.3. The van der Waals surface area contributed by atoms with Gasteiger partial charge in [0, 0.05) is 27.8 Å². The number of hydrogen-bond donors (Lipinski definition) is 1. The summed E-state index contributed by atoms with van der Waals surface area (Å²) in [5, 5.41) is 0. The molecule has 1 atom stereocenters. The Bertz CT molecular complexity index is 382. The van der Waals surface area contributed by atoms with E-state index in [0.717, 1.165) is 17.7 Å². The Morgan fingerprint density at radius 2 is 1.83 bits per heavy atom. The van der Waals surface area contributed by atoms with Gasteiger partial charge < -0.3 is 10.5 Å². The Hall–Kier alpha value is -0.870. The number of benzene rings is 1. The van der Waals surface area contributed by atoms with Crippen molar-refractivity contribution < 1.29 is 8.95 Å². The lowest BCUT2D eigenvalue weighted by Crippen LogP contribution is -2.24. The number of hydrogen-bond acceptors (Lipinski definition) is 3. The molecule has 0 radical (unpaired) electrons. The van der Waals surface area contributed by atoms with Crippen molar-refractivity contribution in [1.82, 2.24) is 0 Å². The third-order valence-electron chi connectivity index (χ3n) is 2.58. The highest BCUT2D eigenvalue weighted by Gasteiger charge is 2.18. The van der Waals surface area contributed by atoms with Crippen molar-refractivity contribution in [2.45, 2.75) is 38.5 Å². The lowest BCUT2D eigenvalue weighted by molar-refractivity contribution is 0.318. The maximum Gasteiger partial charge on any atom is 0.119 e. The number of nitrogens with two attached hydrogens (primary N) is 1. The molecule has 0 saturated carbocycles. The summed E-state index contributed by atoms with van der Waals surface area (Å²) in [5.41, 5.74) is 6.61. The van der Waals surface area contributed by atoms with Gasteiger partial charge in [-0.25, -0.2) is 0 Å². The van der Waals surface area contributed by atoms with Crippen molar-refractivity contribution in [3.63, 3.8) is 0 Å². The highest BCUT2D eigenvalue weighted by molar-refractivity contribution is 7.86. The van der Waals surface area contributed by atoms with Gasteiger partial charge in [0.15, 0.2) is 0 Å². The second-order valence-corrected chi connectivity index (χ2v) is 7.54. The summed E-state index contributed by atoms with van der Waals surface area (Å²) in [6.45, 7) is 7.13. The van der Waals surface area contributed by atoms with Gasteiger partial charge >= 0.3 is 0 Å². The van der Waals surface area contributed by atoms with E-state index >= 15 is 0 Å². The number of rotatable bonds is 6. The standard InChI is InChI=1S/C14H23NO2S/c1-14(2,3)18(16)10-4-9-17-13-7-5-12(11-15)6-8-13/h5-8H,4,9-11,15H2,1-3H3. The molecule has 1 rings (SSSR count). The summed E-state index contributed by atoms with van der Waals surface area (Å²) in [6, 6.07) is 7.76. The maximum absolute atomic E-state index is 11.8. The van der Waals surface area contributed by atoms with Crippen LogP contribution >= 0.6 is 0 Å². The molecule has 0 fully saturated rings. The summed E-state index contributed by atoms with van der Waals surface area (Å²) in [6.07, 6.45) is 0.808. The van der Waals surface area contributed by atoms with Crippen LogP contribution in [0, 0.1) is 0 Å². The van der Waals surface area contributed by atoms with Gasteiger partial charge in [-0.2, -0.15) is 0 Å². The van der Waals surface area contributed by atoms with Crippen LogP contribution in [-0.2, 0) is 17.3 Å². The van der Waals surface area contributed by atoms with Crippen LogP contribution in [0.2, 0.25) is 0 Å². The average Bonchev–Trinajstić information content (AvgIpc) is 2.34. The minimum atomic E-state index is -0.797. The Morgan fingerprint density at radius 1 is 1.22 bits per heavy atom. The van der Waals surface area contributed by atoms with Crippen molar-refractivity contribution in [2.24, 2.45) is 5.73 Å². The molecule has 102 valence electrons. The molecule has 4 heteroatoms. The quantitative estimate of drug-likeness (QED) is 0.807. The summed E-state index contributed by atoms with van der Waals surface area (Å²) in [7, 11) is -0.797. The minimum absolute atomic E-state index is 0.136. The second-order valence-electron chi connectivity index (χ2n) is 5.21. The predicted octanol–water partition coefficient (Wildman–Crippen LogP) is 2.46. The molecule has 0 spiro atoms. The largest absolute Gasteiger partial charge is 0.494 e. The minimum Gasteiger partial charge on any atom is -0.494 e. The van der Waals surface area contributed by atoms with Crippen molar-refractivity contribution in [2.75, 3.05) is 12.4 Å². The van der Waals surface area contributed by atoms with Crippen LogP contribution in [0.1, 0.15) is 32.8 Å². The third-order valence-corrected chi connectivity index (χ3v) is 4.61. The van der Waals surface area contributed by atoms with Crippen LogP contribution in [-0.4, -0.2) is 21.3 Å². The van der Waals surface area contributed by atoms with E-state index in [1.165, 1.54) is 0 Å². The zero-order chi connectivity index (χ0) is 13.6. The maximum atomic E-state index is 11.8. The molecule has 3 nitrogen and oxygen atoms in total. The molecule has 0 aliphatic carbocycles. The lowest BCUT2D eigenvalue weighted by Gasteiger charge is -2.17. The van der Waals surface area contributed by atoms with Gasteiger partial charge in [0.25, 0.3) is 0 Å². The fraction of sp³-hybridized carbons (Fsp3) is 0.571. The summed E-state index contributed by atoms with van der Waals surface area (Å²) in [5.74, 6) is 1.53. The van der Waals surface area contributed by atoms with Crippen LogP contribution in [0.4, 0.5) is 0 Å². The van der Waals surface area contributed by atoms with E-state index in [9.17, 15) is 4.21 Å². The Morgan fingerprint density at radius 3 is 2.33 bits per heavy atom. The van der Waals surface area contributed by atoms with Gasteiger partial charge in [0.2, 0.25) is 0 Å². The van der Waals surface area contributed by atoms with Crippen LogP contribution in [0.25, 0.3) is 0 Å². The first-order chi connectivity index (χ1) is 8.43. The highest BCUT2D eigenvalue weighted by atomic mass is 32.2. The molecule has 1 aromatic rings. The molecule has 0 aliphatic heterocycles. The fourth-order valence-corrected chi connectivity index (χ4v) is 2.40. The predicted molar refractivity (Wildman–Crippen MR) is 77.2 cm³/mol. The molecular weight excluding hydrogens is 246 g/mol. The lowest BCUT2D eigenvalue weighted by atomic mass is 10.2. The van der Waals surface area contributed by atoms with Gasteiger partial charge in [-0.1, -0.05) is 12.1 Å². The Balaban J connectivity index is 2.27. The van der Waals surface area contributed by atoms with Crippen molar-refractivity contribution in [3.8, 4) is 5.75 Å². The molecular formula is C14H23NO2S. The molecule has 18 heavy (non-hydrogen) atoms. The van der Waals surface area contributed by atoms with E-state index in [1.54, 1.807) is 0 Å². The topological polar surface area (TPSA) is 52.3 Å². The molecule has 0 aliphatic rings. The molecule has 0 aromatic heterocycles. The molecule has 0 heterocycles. The van der Waals surface area contributed by atoms with E-state index < -0.39 is 10.8 Å². The smallest absolute Gasteiger partial charge is 0.119 e. The monoisotopic (exact) mass is 269 g/mol.